The van der Waals surface area contributed by atoms with Crippen molar-refractivity contribution >= 4 is 29.7 Å². The van der Waals surface area contributed by atoms with E-state index in [1.54, 1.807) is 0 Å². The number of aliphatic hydroxyl groups is 1. The summed E-state index contributed by atoms with van der Waals surface area (Å²) in [6.07, 6.45) is 29.7. The van der Waals surface area contributed by atoms with Gasteiger partial charge in [-0.05, 0) is 25.7 Å². The van der Waals surface area contributed by atoms with Gasteiger partial charge in [0.05, 0.1) is 24.8 Å². The highest BCUT2D eigenvalue weighted by atomic mass is 32.2. The molecular weight excluding hydrogens is 639 g/mol. The molecule has 3 amide bonds. The van der Waals surface area contributed by atoms with Gasteiger partial charge in [-0.25, -0.2) is 4.79 Å². The van der Waals surface area contributed by atoms with Gasteiger partial charge in [0.2, 0.25) is 11.8 Å². The Labute approximate surface area is 304 Å². The lowest BCUT2D eigenvalue weighted by molar-refractivity contribution is -0.124. The van der Waals surface area contributed by atoms with Crippen molar-refractivity contribution in [1.82, 2.24) is 16.0 Å². The minimum Gasteiger partial charge on any atom is -0.465 e. The van der Waals surface area contributed by atoms with Gasteiger partial charge in [-0.3, -0.25) is 9.59 Å². The van der Waals surface area contributed by atoms with Crippen molar-refractivity contribution in [3.8, 4) is 0 Å². The third kappa shape index (κ3) is 26.9. The van der Waals surface area contributed by atoms with Crippen LogP contribution in [-0.4, -0.2) is 77.1 Å². The van der Waals surface area contributed by atoms with E-state index in [1.165, 1.54) is 134 Å². The predicted molar refractivity (Wildman–Crippen MR) is 204 cm³/mol. The standard InChI is InChI=1S/C39H75N3O6S/c1-3-5-7-9-11-13-14-15-16-17-19-21-23-25-29-48-30-34(40-36(44)26-24-22-20-18-12-10-8-6-4-2)31-49-32-35(41-38(46)47)37(45)42-39(33-43)27-28-39/h34-35,41,43H,3-33H2,1-2H3,(H,40,44)(H,42,45)(H,46,47)/t34-,35-/m0/s1. The SMILES string of the molecule is CCCCCCCCCCCCCCCCOC[C@@H](CSC[C@H](NC(=O)O)C(=O)NC1(CO)CC1)NC(=O)CCCCCCCCCCC. The van der Waals surface area contributed by atoms with Crippen molar-refractivity contribution in [2.24, 2.45) is 0 Å². The lowest BCUT2D eigenvalue weighted by Crippen LogP contribution is -2.52. The number of aliphatic hydroxyl groups excluding tert-OH is 1. The maximum Gasteiger partial charge on any atom is 0.405 e. The number of unbranched alkanes of at least 4 members (excludes halogenated alkanes) is 21. The molecule has 0 heterocycles. The van der Waals surface area contributed by atoms with E-state index in [4.69, 9.17) is 4.74 Å². The van der Waals surface area contributed by atoms with Gasteiger partial charge in [0, 0.05) is 24.5 Å². The summed E-state index contributed by atoms with van der Waals surface area (Å²) in [6, 6.07) is -1.16. The first-order valence-corrected chi connectivity index (χ1v) is 21.4. The molecule has 288 valence electrons. The first kappa shape index (κ1) is 45.5. The van der Waals surface area contributed by atoms with Crippen molar-refractivity contribution in [2.75, 3.05) is 31.3 Å². The third-order valence-corrected chi connectivity index (χ3v) is 10.8. The molecule has 0 aliphatic heterocycles. The van der Waals surface area contributed by atoms with E-state index in [0.29, 0.717) is 38.2 Å². The van der Waals surface area contributed by atoms with Crippen molar-refractivity contribution in [2.45, 2.75) is 198 Å². The van der Waals surface area contributed by atoms with Gasteiger partial charge in [-0.1, -0.05) is 149 Å². The van der Waals surface area contributed by atoms with Crippen LogP contribution in [0.1, 0.15) is 181 Å². The number of amides is 3. The number of ether oxygens (including phenoxy) is 1. The molecule has 0 unspecified atom stereocenters. The lowest BCUT2D eigenvalue weighted by atomic mass is 10.0. The average molecular weight is 714 g/mol. The maximum absolute atomic E-state index is 12.8. The second-order valence-corrected chi connectivity index (χ2v) is 15.6. The van der Waals surface area contributed by atoms with Gasteiger partial charge in [0.25, 0.3) is 0 Å². The van der Waals surface area contributed by atoms with E-state index in [2.05, 4.69) is 29.8 Å². The zero-order chi connectivity index (χ0) is 35.8. The highest BCUT2D eigenvalue weighted by molar-refractivity contribution is 7.99. The Kier molecular flexibility index (Phi) is 29.0. The Morgan fingerprint density at radius 2 is 1.14 bits per heavy atom. The fourth-order valence-corrected chi connectivity index (χ4v) is 7.20. The van der Waals surface area contributed by atoms with Gasteiger partial charge in [-0.15, -0.1) is 0 Å². The number of rotatable bonds is 36. The summed E-state index contributed by atoms with van der Waals surface area (Å²) in [5.41, 5.74) is -0.618. The molecule has 1 rings (SSSR count). The van der Waals surface area contributed by atoms with Crippen molar-refractivity contribution in [3.05, 3.63) is 0 Å². The van der Waals surface area contributed by atoms with Gasteiger partial charge in [0.15, 0.2) is 0 Å². The highest BCUT2D eigenvalue weighted by Gasteiger charge is 2.44. The summed E-state index contributed by atoms with van der Waals surface area (Å²) in [7, 11) is 0. The second kappa shape index (κ2) is 31.2. The van der Waals surface area contributed by atoms with Gasteiger partial charge in [0.1, 0.15) is 6.04 Å². The molecule has 0 bridgehead atoms. The number of carbonyl (C=O) groups is 3. The molecule has 1 saturated carbocycles. The molecule has 1 aliphatic carbocycles. The van der Waals surface area contributed by atoms with Crippen LogP contribution in [0.15, 0.2) is 0 Å². The molecule has 49 heavy (non-hydrogen) atoms. The Morgan fingerprint density at radius 3 is 1.59 bits per heavy atom. The number of hydrogen-bond donors (Lipinski definition) is 5. The normalized spacial score (nSPS) is 14.7. The molecular formula is C39H75N3O6S. The molecule has 0 saturated heterocycles. The summed E-state index contributed by atoms with van der Waals surface area (Å²) in [4.78, 5) is 37.0. The molecule has 0 radical (unpaired) electrons. The van der Waals surface area contributed by atoms with Crippen molar-refractivity contribution in [3.63, 3.8) is 0 Å². The Morgan fingerprint density at radius 1 is 0.673 bits per heavy atom. The number of hydrogen-bond acceptors (Lipinski definition) is 6. The van der Waals surface area contributed by atoms with Crippen LogP contribution in [-0.2, 0) is 14.3 Å². The summed E-state index contributed by atoms with van der Waals surface area (Å²) in [5.74, 6) is 0.327. The van der Waals surface area contributed by atoms with Crippen LogP contribution < -0.4 is 16.0 Å². The quantitative estimate of drug-likeness (QED) is 0.0409. The van der Waals surface area contributed by atoms with Gasteiger partial charge in [-0.2, -0.15) is 11.8 Å². The first-order valence-electron chi connectivity index (χ1n) is 20.2. The number of nitrogens with one attached hydrogen (secondary N) is 3. The second-order valence-electron chi connectivity index (χ2n) is 14.5. The smallest absolute Gasteiger partial charge is 0.405 e. The fraction of sp³-hybridized carbons (Fsp3) is 0.923. The Balaban J connectivity index is 2.36. The lowest BCUT2D eigenvalue weighted by Gasteiger charge is -2.22. The van der Waals surface area contributed by atoms with Crippen molar-refractivity contribution < 1.29 is 29.3 Å². The van der Waals surface area contributed by atoms with E-state index in [1.807, 2.05) is 0 Å². The van der Waals surface area contributed by atoms with Crippen LogP contribution >= 0.6 is 11.8 Å². The maximum atomic E-state index is 12.8. The Bertz CT molecular complexity index is 829. The molecule has 0 aromatic rings. The molecule has 10 heteroatoms. The van der Waals surface area contributed by atoms with E-state index >= 15 is 0 Å². The summed E-state index contributed by atoms with van der Waals surface area (Å²) in [6.45, 7) is 5.39. The molecule has 1 fully saturated rings. The van der Waals surface area contributed by atoms with Crippen molar-refractivity contribution in [1.29, 1.82) is 0 Å². The third-order valence-electron chi connectivity index (χ3n) is 9.60. The molecule has 9 nitrogen and oxygen atoms in total. The highest BCUT2D eigenvalue weighted by Crippen LogP contribution is 2.34. The van der Waals surface area contributed by atoms with Crippen LogP contribution in [0.4, 0.5) is 4.79 Å². The van der Waals surface area contributed by atoms with Crippen LogP contribution in [0.3, 0.4) is 0 Å². The molecule has 0 aromatic heterocycles. The minimum absolute atomic E-state index is 0.0187. The molecule has 2 atom stereocenters. The van der Waals surface area contributed by atoms with Crippen LogP contribution in [0.2, 0.25) is 0 Å². The predicted octanol–water partition coefficient (Wildman–Crippen LogP) is 8.90. The first-order chi connectivity index (χ1) is 23.9. The largest absolute Gasteiger partial charge is 0.465 e. The van der Waals surface area contributed by atoms with Crippen LogP contribution in [0, 0.1) is 0 Å². The topological polar surface area (TPSA) is 137 Å². The molecule has 1 aliphatic rings. The number of carboxylic acid groups (broad SMARTS) is 1. The number of thioether (sulfide) groups is 1. The summed E-state index contributed by atoms with van der Waals surface area (Å²) >= 11 is 1.42. The monoisotopic (exact) mass is 714 g/mol. The minimum atomic E-state index is -1.27. The fourth-order valence-electron chi connectivity index (χ4n) is 6.13. The van der Waals surface area contributed by atoms with Gasteiger partial charge >= 0.3 is 6.09 Å². The zero-order valence-corrected chi connectivity index (χ0v) is 32.3. The van der Waals surface area contributed by atoms with E-state index < -0.39 is 23.6 Å². The molecule has 0 spiro atoms. The summed E-state index contributed by atoms with van der Waals surface area (Å²) < 4.78 is 6.01. The Hall–Kier alpha value is -1.52. The van der Waals surface area contributed by atoms with Crippen LogP contribution in [0.5, 0.6) is 0 Å². The van der Waals surface area contributed by atoms with E-state index in [0.717, 1.165) is 25.7 Å². The average Bonchev–Trinajstić information content (AvgIpc) is 3.86. The van der Waals surface area contributed by atoms with E-state index in [9.17, 15) is 24.6 Å². The molecule has 5 N–H and O–H groups in total. The van der Waals surface area contributed by atoms with Crippen LogP contribution in [0.25, 0.3) is 0 Å². The molecule has 0 aromatic carbocycles. The van der Waals surface area contributed by atoms with Gasteiger partial charge < -0.3 is 30.9 Å². The number of carbonyl (C=O) groups excluding carboxylic acids is 2. The zero-order valence-electron chi connectivity index (χ0n) is 31.5. The van der Waals surface area contributed by atoms with E-state index in [-0.39, 0.29) is 24.3 Å². The summed E-state index contributed by atoms with van der Waals surface area (Å²) in [5, 5.41) is 27.1.